The van der Waals surface area contributed by atoms with Crippen LogP contribution in [-0.2, 0) is 4.74 Å². The second-order valence-corrected chi connectivity index (χ2v) is 5.84. The van der Waals surface area contributed by atoms with Crippen LogP contribution in [-0.4, -0.2) is 50.7 Å². The van der Waals surface area contributed by atoms with Crippen LogP contribution in [0.25, 0.3) is 0 Å². The van der Waals surface area contributed by atoms with Crippen molar-refractivity contribution in [3.63, 3.8) is 0 Å². The number of anilines is 1. The van der Waals surface area contributed by atoms with E-state index in [9.17, 15) is 4.79 Å². The van der Waals surface area contributed by atoms with Gasteiger partial charge in [-0.1, -0.05) is 22.9 Å². The summed E-state index contributed by atoms with van der Waals surface area (Å²) in [5.41, 5.74) is 1.60. The largest absolute Gasteiger partial charge is 0.465 e. The minimum atomic E-state index is -0.280. The van der Waals surface area contributed by atoms with Crippen molar-refractivity contribution in [1.82, 2.24) is 4.90 Å². The van der Waals surface area contributed by atoms with Crippen molar-refractivity contribution in [3.05, 3.63) is 28.2 Å². The van der Waals surface area contributed by atoms with E-state index in [4.69, 9.17) is 4.74 Å². The number of halogens is 1. The molecule has 2 rings (SSSR count). The summed E-state index contributed by atoms with van der Waals surface area (Å²) in [6, 6.07) is 5.81. The molecule has 0 spiro atoms. The molecule has 4 nitrogen and oxygen atoms in total. The third kappa shape index (κ3) is 3.52. The molecule has 0 amide bonds. The molecule has 1 heterocycles. The summed E-state index contributed by atoms with van der Waals surface area (Å²) in [6.45, 7) is 7.35. The summed E-state index contributed by atoms with van der Waals surface area (Å²) in [6.07, 6.45) is 1.12. The van der Waals surface area contributed by atoms with Gasteiger partial charge in [-0.2, -0.15) is 0 Å². The van der Waals surface area contributed by atoms with Gasteiger partial charge in [0, 0.05) is 24.1 Å². The van der Waals surface area contributed by atoms with Crippen LogP contribution in [0.3, 0.4) is 0 Å². The molecule has 1 aliphatic rings. The number of ether oxygens (including phenoxy) is 1. The molecule has 0 bridgehead atoms. The molecule has 5 heteroatoms. The zero-order chi connectivity index (χ0) is 14.5. The van der Waals surface area contributed by atoms with E-state index in [1.807, 2.05) is 18.2 Å². The Labute approximate surface area is 128 Å². The van der Waals surface area contributed by atoms with Gasteiger partial charge in [-0.3, -0.25) is 0 Å². The van der Waals surface area contributed by atoms with E-state index in [0.29, 0.717) is 5.56 Å². The summed E-state index contributed by atoms with van der Waals surface area (Å²) in [5, 5.41) is 0. The molecule has 1 aromatic carbocycles. The number of carbonyl (C=O) groups excluding carboxylic acids is 1. The molecule has 1 fully saturated rings. The van der Waals surface area contributed by atoms with E-state index in [1.54, 1.807) is 0 Å². The van der Waals surface area contributed by atoms with Crippen molar-refractivity contribution in [3.8, 4) is 0 Å². The molecule has 110 valence electrons. The monoisotopic (exact) mass is 340 g/mol. The first-order valence-electron chi connectivity index (χ1n) is 7.01. The Bertz CT molecular complexity index is 479. The maximum atomic E-state index is 12.0. The van der Waals surface area contributed by atoms with Crippen LogP contribution in [0, 0.1) is 0 Å². The zero-order valence-corrected chi connectivity index (χ0v) is 13.6. The van der Waals surface area contributed by atoms with Crippen LogP contribution in [0.2, 0.25) is 0 Å². The molecule has 0 unspecified atom stereocenters. The normalized spacial score (nSPS) is 16.9. The molecule has 1 aliphatic heterocycles. The lowest BCUT2D eigenvalue weighted by Gasteiger charge is -2.25. The van der Waals surface area contributed by atoms with Crippen molar-refractivity contribution in [2.75, 3.05) is 44.7 Å². The van der Waals surface area contributed by atoms with Gasteiger partial charge in [-0.05, 0) is 37.7 Å². The fourth-order valence-corrected chi connectivity index (χ4v) is 2.95. The first kappa shape index (κ1) is 15.3. The highest BCUT2D eigenvalue weighted by Crippen LogP contribution is 2.26. The quantitative estimate of drug-likeness (QED) is 0.792. The van der Waals surface area contributed by atoms with Crippen molar-refractivity contribution in [1.29, 1.82) is 0 Å². The van der Waals surface area contributed by atoms with Gasteiger partial charge in [0.15, 0.2) is 0 Å². The van der Waals surface area contributed by atoms with Crippen molar-refractivity contribution < 1.29 is 9.53 Å². The number of likely N-dealkylation sites (N-methyl/N-ethyl adjacent to an activating group) is 1. The van der Waals surface area contributed by atoms with E-state index in [1.165, 1.54) is 7.11 Å². The van der Waals surface area contributed by atoms with Crippen molar-refractivity contribution in [2.45, 2.75) is 13.3 Å². The van der Waals surface area contributed by atoms with Crippen LogP contribution >= 0.6 is 15.9 Å². The average molecular weight is 341 g/mol. The molecule has 0 aliphatic carbocycles. The summed E-state index contributed by atoms with van der Waals surface area (Å²) in [7, 11) is 1.42. The van der Waals surface area contributed by atoms with Crippen LogP contribution in [0.15, 0.2) is 22.7 Å². The predicted molar refractivity (Wildman–Crippen MR) is 84.4 cm³/mol. The van der Waals surface area contributed by atoms with Crippen molar-refractivity contribution in [2.24, 2.45) is 0 Å². The Kier molecular flexibility index (Phi) is 5.43. The fraction of sp³-hybridized carbons (Fsp3) is 0.533. The van der Waals surface area contributed by atoms with Gasteiger partial charge in [0.05, 0.1) is 18.4 Å². The fourth-order valence-electron chi connectivity index (χ4n) is 2.59. The standard InChI is InChI=1S/C15H21BrN2O2/c1-3-17-7-4-8-18(10-9-17)14-6-5-12(16)11-13(14)15(19)20-2/h5-6,11H,3-4,7-10H2,1-2H3. The molecular formula is C15H21BrN2O2. The highest BCUT2D eigenvalue weighted by molar-refractivity contribution is 9.10. The number of nitrogens with zero attached hydrogens (tertiary/aromatic N) is 2. The lowest BCUT2D eigenvalue weighted by atomic mass is 10.1. The van der Waals surface area contributed by atoms with Crippen LogP contribution in [0.4, 0.5) is 5.69 Å². The van der Waals surface area contributed by atoms with Gasteiger partial charge in [0.25, 0.3) is 0 Å². The van der Waals surface area contributed by atoms with Gasteiger partial charge in [-0.15, -0.1) is 0 Å². The Morgan fingerprint density at radius 1 is 1.30 bits per heavy atom. The molecule has 0 N–H and O–H groups in total. The molecule has 1 saturated heterocycles. The first-order valence-corrected chi connectivity index (χ1v) is 7.80. The summed E-state index contributed by atoms with van der Waals surface area (Å²) in [4.78, 5) is 16.7. The third-order valence-electron chi connectivity index (χ3n) is 3.74. The number of esters is 1. The summed E-state index contributed by atoms with van der Waals surface area (Å²) in [5.74, 6) is -0.280. The topological polar surface area (TPSA) is 32.8 Å². The number of hydrogen-bond donors (Lipinski definition) is 0. The molecular weight excluding hydrogens is 320 g/mol. The van der Waals surface area contributed by atoms with Gasteiger partial charge < -0.3 is 14.5 Å². The molecule has 1 aromatic rings. The maximum absolute atomic E-state index is 12.0. The molecule has 0 radical (unpaired) electrons. The van der Waals surface area contributed by atoms with E-state index < -0.39 is 0 Å². The third-order valence-corrected chi connectivity index (χ3v) is 4.23. The maximum Gasteiger partial charge on any atom is 0.340 e. The Morgan fingerprint density at radius 2 is 2.10 bits per heavy atom. The average Bonchev–Trinajstić information content (AvgIpc) is 2.71. The Morgan fingerprint density at radius 3 is 2.80 bits per heavy atom. The van der Waals surface area contributed by atoms with Crippen molar-refractivity contribution >= 4 is 27.6 Å². The van der Waals surface area contributed by atoms with E-state index in [2.05, 4.69) is 32.7 Å². The van der Waals surface area contributed by atoms with Crippen LogP contribution in [0.5, 0.6) is 0 Å². The number of rotatable bonds is 3. The highest BCUT2D eigenvalue weighted by Gasteiger charge is 2.20. The molecule has 0 atom stereocenters. The van der Waals surface area contributed by atoms with Gasteiger partial charge in [0.1, 0.15) is 0 Å². The van der Waals surface area contributed by atoms with Gasteiger partial charge >= 0.3 is 5.97 Å². The lowest BCUT2D eigenvalue weighted by Crippen LogP contribution is -2.31. The summed E-state index contributed by atoms with van der Waals surface area (Å²) < 4.78 is 5.79. The summed E-state index contributed by atoms with van der Waals surface area (Å²) >= 11 is 3.42. The van der Waals surface area contributed by atoms with E-state index in [0.717, 1.165) is 49.3 Å². The number of carbonyl (C=O) groups is 1. The molecule has 20 heavy (non-hydrogen) atoms. The first-order chi connectivity index (χ1) is 9.65. The van der Waals surface area contributed by atoms with E-state index >= 15 is 0 Å². The molecule has 0 saturated carbocycles. The van der Waals surface area contributed by atoms with Gasteiger partial charge in [0.2, 0.25) is 0 Å². The SMILES string of the molecule is CCN1CCCN(c2ccc(Br)cc2C(=O)OC)CC1. The number of benzene rings is 1. The van der Waals surface area contributed by atoms with Gasteiger partial charge in [-0.25, -0.2) is 4.79 Å². The second-order valence-electron chi connectivity index (χ2n) is 4.93. The Balaban J connectivity index is 2.25. The van der Waals surface area contributed by atoms with Crippen LogP contribution in [0.1, 0.15) is 23.7 Å². The number of hydrogen-bond acceptors (Lipinski definition) is 4. The van der Waals surface area contributed by atoms with Crippen LogP contribution < -0.4 is 4.90 Å². The minimum Gasteiger partial charge on any atom is -0.465 e. The highest BCUT2D eigenvalue weighted by atomic mass is 79.9. The minimum absolute atomic E-state index is 0.280. The zero-order valence-electron chi connectivity index (χ0n) is 12.1. The lowest BCUT2D eigenvalue weighted by molar-refractivity contribution is 0.0601. The Hall–Kier alpha value is -1.07. The van der Waals surface area contributed by atoms with E-state index in [-0.39, 0.29) is 5.97 Å². The second kappa shape index (κ2) is 7.09. The molecule has 0 aromatic heterocycles. The predicted octanol–water partition coefficient (Wildman–Crippen LogP) is 2.77. The number of methoxy groups -OCH3 is 1. The smallest absolute Gasteiger partial charge is 0.340 e.